The summed E-state index contributed by atoms with van der Waals surface area (Å²) in [6.07, 6.45) is 0.701. The molecule has 0 saturated carbocycles. The first-order valence-electron chi connectivity index (χ1n) is 12.2. The van der Waals surface area contributed by atoms with Crippen LogP contribution in [-0.2, 0) is 26.2 Å². The van der Waals surface area contributed by atoms with Crippen molar-refractivity contribution in [1.29, 1.82) is 0 Å². The van der Waals surface area contributed by atoms with Crippen LogP contribution in [0.2, 0.25) is 5.02 Å². The van der Waals surface area contributed by atoms with Gasteiger partial charge < -0.3 is 10.2 Å². The van der Waals surface area contributed by atoms with Gasteiger partial charge in [-0.05, 0) is 55.3 Å². The molecule has 0 bridgehead atoms. The molecule has 0 radical (unpaired) electrons. The highest BCUT2D eigenvalue weighted by Gasteiger charge is 2.32. The van der Waals surface area contributed by atoms with Crippen LogP contribution in [-0.4, -0.2) is 49.2 Å². The maximum atomic E-state index is 13.8. The van der Waals surface area contributed by atoms with E-state index < -0.39 is 33.4 Å². The highest BCUT2D eigenvalue weighted by atomic mass is 35.5. The summed E-state index contributed by atoms with van der Waals surface area (Å²) in [5, 5.41) is 14.4. The molecule has 206 valence electrons. The predicted octanol–water partition coefficient (Wildman–Crippen LogP) is 4.39. The number of carbonyl (C=O) groups excluding carboxylic acids is 2. The number of nitro benzene ring substituents is 1. The molecule has 1 N–H and O–H groups in total. The van der Waals surface area contributed by atoms with E-state index >= 15 is 0 Å². The molecular weight excluding hydrogens is 544 g/mol. The third-order valence-electron chi connectivity index (χ3n) is 5.94. The minimum absolute atomic E-state index is 0.0240. The largest absolute Gasteiger partial charge is 0.354 e. The van der Waals surface area contributed by atoms with Crippen molar-refractivity contribution in [2.45, 2.75) is 37.8 Å². The number of hydrogen-bond acceptors (Lipinski definition) is 6. The summed E-state index contributed by atoms with van der Waals surface area (Å²) < 4.78 is 28.2. The summed E-state index contributed by atoms with van der Waals surface area (Å²) in [5.74, 6) is -1.02. The minimum atomic E-state index is -4.26. The van der Waals surface area contributed by atoms with Crippen molar-refractivity contribution in [3.05, 3.63) is 99.6 Å². The third kappa shape index (κ3) is 7.55. The number of anilines is 1. The summed E-state index contributed by atoms with van der Waals surface area (Å²) in [4.78, 5) is 38.4. The molecule has 0 heterocycles. The van der Waals surface area contributed by atoms with Crippen molar-refractivity contribution < 1.29 is 22.9 Å². The highest BCUT2D eigenvalue weighted by molar-refractivity contribution is 7.92. The molecule has 3 rings (SSSR count). The van der Waals surface area contributed by atoms with Gasteiger partial charge in [-0.25, -0.2) is 8.42 Å². The summed E-state index contributed by atoms with van der Waals surface area (Å²) in [5.41, 5.74) is 0.524. The van der Waals surface area contributed by atoms with Gasteiger partial charge in [0.25, 0.3) is 15.7 Å². The van der Waals surface area contributed by atoms with E-state index in [1.165, 1.54) is 41.3 Å². The molecule has 0 spiro atoms. The van der Waals surface area contributed by atoms with Gasteiger partial charge in [0.2, 0.25) is 11.8 Å². The van der Waals surface area contributed by atoms with Crippen LogP contribution in [0.3, 0.4) is 0 Å². The zero-order valence-corrected chi connectivity index (χ0v) is 23.1. The van der Waals surface area contributed by atoms with E-state index in [1.807, 2.05) is 6.92 Å². The summed E-state index contributed by atoms with van der Waals surface area (Å²) >= 11 is 6.00. The van der Waals surface area contributed by atoms with Gasteiger partial charge >= 0.3 is 0 Å². The first-order chi connectivity index (χ1) is 18.5. The molecular formula is C27H29ClN4O6S. The Bertz CT molecular complexity index is 1400. The van der Waals surface area contributed by atoms with Gasteiger partial charge in [-0.15, -0.1) is 0 Å². The second-order valence-corrected chi connectivity index (χ2v) is 11.0. The zero-order valence-electron chi connectivity index (χ0n) is 21.5. The van der Waals surface area contributed by atoms with Crippen molar-refractivity contribution in [2.75, 3.05) is 17.4 Å². The standard InChI is InChI=1S/C27H29ClN4O6S/c1-3-17-29-27(34)20(2)30(18-21-9-11-22(28)12-10-21)26(33)19-31(23-13-15-24(16-14-23)32(35)36)39(37,38)25-7-5-4-6-8-25/h4-16,20H,3,17-19H2,1-2H3,(H,29,34). The highest BCUT2D eigenvalue weighted by Crippen LogP contribution is 2.26. The van der Waals surface area contributed by atoms with Gasteiger partial charge in [0, 0.05) is 30.2 Å². The molecule has 0 aliphatic heterocycles. The fourth-order valence-corrected chi connectivity index (χ4v) is 5.32. The Morgan fingerprint density at radius 2 is 1.62 bits per heavy atom. The summed E-state index contributed by atoms with van der Waals surface area (Å²) in [6.45, 7) is 3.27. The number of hydrogen-bond donors (Lipinski definition) is 1. The van der Waals surface area contributed by atoms with E-state index in [0.717, 1.165) is 4.31 Å². The van der Waals surface area contributed by atoms with Crippen LogP contribution in [0.25, 0.3) is 0 Å². The van der Waals surface area contributed by atoms with Gasteiger partial charge in [-0.1, -0.05) is 48.9 Å². The molecule has 2 amide bonds. The van der Waals surface area contributed by atoms with Crippen LogP contribution in [0, 0.1) is 10.1 Å². The van der Waals surface area contributed by atoms with Crippen molar-refractivity contribution in [3.8, 4) is 0 Å². The lowest BCUT2D eigenvalue weighted by Gasteiger charge is -2.32. The van der Waals surface area contributed by atoms with Gasteiger partial charge in [0.1, 0.15) is 12.6 Å². The second kappa shape index (κ2) is 13.2. The van der Waals surface area contributed by atoms with E-state index in [4.69, 9.17) is 11.6 Å². The SMILES string of the molecule is CCCNC(=O)C(C)N(Cc1ccc(Cl)cc1)C(=O)CN(c1ccc([N+](=O)[O-])cc1)S(=O)(=O)c1ccccc1. The number of nitro groups is 1. The first kappa shape index (κ1) is 29.6. The molecule has 12 heteroatoms. The summed E-state index contributed by atoms with van der Waals surface area (Å²) in [7, 11) is -4.26. The van der Waals surface area contributed by atoms with Crippen LogP contribution in [0.15, 0.2) is 83.8 Å². The topological polar surface area (TPSA) is 130 Å². The normalized spacial score (nSPS) is 11.9. The van der Waals surface area contributed by atoms with Crippen LogP contribution < -0.4 is 9.62 Å². The van der Waals surface area contributed by atoms with Gasteiger partial charge in [0.15, 0.2) is 0 Å². The summed E-state index contributed by atoms with van der Waals surface area (Å²) in [6, 6.07) is 18.2. The molecule has 0 aliphatic rings. The Morgan fingerprint density at radius 1 is 1.00 bits per heavy atom. The molecule has 1 atom stereocenters. The number of benzene rings is 3. The number of halogens is 1. The average Bonchev–Trinajstić information content (AvgIpc) is 2.94. The first-order valence-corrected chi connectivity index (χ1v) is 14.0. The molecule has 0 aliphatic carbocycles. The van der Waals surface area contributed by atoms with Gasteiger partial charge in [0.05, 0.1) is 15.5 Å². The van der Waals surface area contributed by atoms with Crippen LogP contribution in [0.4, 0.5) is 11.4 Å². The van der Waals surface area contributed by atoms with Crippen LogP contribution in [0.5, 0.6) is 0 Å². The van der Waals surface area contributed by atoms with Gasteiger partial charge in [-0.3, -0.25) is 24.0 Å². The Morgan fingerprint density at radius 3 is 2.18 bits per heavy atom. The van der Waals surface area contributed by atoms with Crippen LogP contribution >= 0.6 is 11.6 Å². The third-order valence-corrected chi connectivity index (χ3v) is 7.98. The van der Waals surface area contributed by atoms with Crippen molar-refractivity contribution in [3.63, 3.8) is 0 Å². The molecule has 1 unspecified atom stereocenters. The number of amides is 2. The number of carbonyl (C=O) groups is 2. The predicted molar refractivity (Wildman–Crippen MR) is 149 cm³/mol. The molecule has 3 aromatic rings. The quantitative estimate of drug-likeness (QED) is 0.253. The number of rotatable bonds is 12. The smallest absolute Gasteiger partial charge is 0.269 e. The van der Waals surface area contributed by atoms with E-state index in [-0.39, 0.29) is 28.7 Å². The Labute approximate surface area is 232 Å². The zero-order chi connectivity index (χ0) is 28.6. The average molecular weight is 573 g/mol. The van der Waals surface area contributed by atoms with Crippen molar-refractivity contribution >= 4 is 44.8 Å². The van der Waals surface area contributed by atoms with E-state index in [9.17, 15) is 28.1 Å². The van der Waals surface area contributed by atoms with E-state index in [1.54, 1.807) is 49.4 Å². The second-order valence-electron chi connectivity index (χ2n) is 8.71. The molecule has 3 aromatic carbocycles. The monoisotopic (exact) mass is 572 g/mol. The number of nitrogens with one attached hydrogen (secondary N) is 1. The maximum absolute atomic E-state index is 13.8. The fraction of sp³-hybridized carbons (Fsp3) is 0.259. The Balaban J connectivity index is 2.02. The van der Waals surface area contributed by atoms with E-state index in [2.05, 4.69) is 5.32 Å². The number of non-ortho nitro benzene ring substituents is 1. The number of sulfonamides is 1. The maximum Gasteiger partial charge on any atom is 0.269 e. The van der Waals surface area contributed by atoms with Crippen molar-refractivity contribution in [2.24, 2.45) is 0 Å². The molecule has 39 heavy (non-hydrogen) atoms. The van der Waals surface area contributed by atoms with Gasteiger partial charge in [-0.2, -0.15) is 0 Å². The Kier molecular flexibility index (Phi) is 10.0. The lowest BCUT2D eigenvalue weighted by Crippen LogP contribution is -2.51. The molecule has 10 nitrogen and oxygen atoms in total. The molecule has 0 fully saturated rings. The molecule has 0 aromatic heterocycles. The lowest BCUT2D eigenvalue weighted by atomic mass is 10.1. The lowest BCUT2D eigenvalue weighted by molar-refractivity contribution is -0.384. The number of nitrogens with zero attached hydrogens (tertiary/aromatic N) is 3. The van der Waals surface area contributed by atoms with E-state index in [0.29, 0.717) is 23.6 Å². The van der Waals surface area contributed by atoms with Crippen LogP contribution in [0.1, 0.15) is 25.8 Å². The molecule has 0 saturated heterocycles. The van der Waals surface area contributed by atoms with Crippen molar-refractivity contribution in [1.82, 2.24) is 10.2 Å². The minimum Gasteiger partial charge on any atom is -0.354 e. The Hall–Kier alpha value is -3.96. The fourth-order valence-electron chi connectivity index (χ4n) is 3.75.